The Bertz CT molecular complexity index is 610. The molecular weight excluding hydrogens is 272 g/mol. The summed E-state index contributed by atoms with van der Waals surface area (Å²) in [5.74, 6) is 1.05. The number of nitrogens with zero attached hydrogens (tertiary/aromatic N) is 2. The molecule has 5 heteroatoms. The van der Waals surface area contributed by atoms with E-state index in [4.69, 9.17) is 4.52 Å². The lowest BCUT2D eigenvalue weighted by Gasteiger charge is -2.27. The highest BCUT2D eigenvalue weighted by Crippen LogP contribution is 2.24. The second-order valence-corrected chi connectivity index (χ2v) is 6.24. The second-order valence-electron chi connectivity index (χ2n) is 5.24. The van der Waals surface area contributed by atoms with Gasteiger partial charge in [0.1, 0.15) is 5.76 Å². The fourth-order valence-electron chi connectivity index (χ4n) is 2.71. The van der Waals surface area contributed by atoms with Crippen LogP contribution in [0.4, 0.5) is 0 Å². The van der Waals surface area contributed by atoms with Crippen LogP contribution in [0.15, 0.2) is 16.0 Å². The first-order valence-corrected chi connectivity index (χ1v) is 7.78. The highest BCUT2D eigenvalue weighted by atomic mass is 32.1. The molecule has 2 aromatic heterocycles. The number of hydrogen-bond acceptors (Lipinski definition) is 4. The van der Waals surface area contributed by atoms with Crippen LogP contribution in [-0.4, -0.2) is 22.5 Å². The van der Waals surface area contributed by atoms with Crippen LogP contribution in [0.1, 0.15) is 33.9 Å². The minimum atomic E-state index is 0.224. The molecule has 0 saturated heterocycles. The third-order valence-electron chi connectivity index (χ3n) is 3.93. The molecule has 2 aromatic rings. The molecule has 3 heterocycles. The molecule has 0 N–H and O–H groups in total. The summed E-state index contributed by atoms with van der Waals surface area (Å²) < 4.78 is 5.14. The summed E-state index contributed by atoms with van der Waals surface area (Å²) in [4.78, 5) is 15.7. The lowest BCUT2D eigenvalue weighted by molar-refractivity contribution is -0.132. The molecule has 3 rings (SSSR count). The van der Waals surface area contributed by atoms with E-state index in [-0.39, 0.29) is 5.91 Å². The molecule has 0 radical (unpaired) electrons. The van der Waals surface area contributed by atoms with Gasteiger partial charge in [-0.15, -0.1) is 11.3 Å². The normalized spacial score (nSPS) is 14.4. The molecule has 1 aliphatic rings. The summed E-state index contributed by atoms with van der Waals surface area (Å²) in [5.41, 5.74) is 3.28. The van der Waals surface area contributed by atoms with Crippen LogP contribution in [0.25, 0.3) is 0 Å². The minimum absolute atomic E-state index is 0.224. The molecule has 4 nitrogen and oxygen atoms in total. The fraction of sp³-hybridized carbons (Fsp3) is 0.467. The number of hydrogen-bond donors (Lipinski definition) is 0. The number of rotatable bonds is 3. The summed E-state index contributed by atoms with van der Waals surface area (Å²) in [7, 11) is 0. The van der Waals surface area contributed by atoms with Gasteiger partial charge in [0.05, 0.1) is 5.69 Å². The Morgan fingerprint density at radius 2 is 2.35 bits per heavy atom. The van der Waals surface area contributed by atoms with Gasteiger partial charge in [-0.25, -0.2) is 0 Å². The van der Waals surface area contributed by atoms with Crippen LogP contribution in [0.5, 0.6) is 0 Å². The predicted molar refractivity (Wildman–Crippen MR) is 77.7 cm³/mol. The van der Waals surface area contributed by atoms with E-state index < -0.39 is 0 Å². The Hall–Kier alpha value is -1.62. The Balaban J connectivity index is 1.61. The molecule has 1 amide bonds. The van der Waals surface area contributed by atoms with E-state index in [9.17, 15) is 4.79 Å². The number of aromatic nitrogens is 1. The summed E-state index contributed by atoms with van der Waals surface area (Å²) in [6, 6.07) is 2.13. The van der Waals surface area contributed by atoms with Gasteiger partial charge in [0.15, 0.2) is 0 Å². The number of carbonyl (C=O) groups excluding carboxylic acids is 1. The van der Waals surface area contributed by atoms with Crippen LogP contribution in [0, 0.1) is 13.8 Å². The topological polar surface area (TPSA) is 46.3 Å². The van der Waals surface area contributed by atoms with Crippen LogP contribution in [-0.2, 0) is 24.2 Å². The second kappa shape index (κ2) is 5.40. The fourth-order valence-corrected chi connectivity index (χ4v) is 3.60. The van der Waals surface area contributed by atoms with Gasteiger partial charge in [-0.1, -0.05) is 5.16 Å². The van der Waals surface area contributed by atoms with E-state index in [1.807, 2.05) is 18.7 Å². The average Bonchev–Trinajstić information content (AvgIpc) is 3.03. The van der Waals surface area contributed by atoms with Crippen molar-refractivity contribution in [2.45, 2.75) is 39.7 Å². The van der Waals surface area contributed by atoms with Gasteiger partial charge in [0, 0.05) is 30.0 Å². The predicted octanol–water partition coefficient (Wildman–Crippen LogP) is 2.87. The van der Waals surface area contributed by atoms with Crippen molar-refractivity contribution in [3.63, 3.8) is 0 Å². The number of thiophene rings is 1. The molecule has 0 bridgehead atoms. The van der Waals surface area contributed by atoms with Gasteiger partial charge in [-0.05, 0) is 43.7 Å². The van der Waals surface area contributed by atoms with Crippen LogP contribution < -0.4 is 0 Å². The quantitative estimate of drug-likeness (QED) is 0.873. The van der Waals surface area contributed by atoms with Crippen molar-refractivity contribution >= 4 is 17.2 Å². The zero-order valence-electron chi connectivity index (χ0n) is 11.8. The van der Waals surface area contributed by atoms with Crippen LogP contribution in [0.3, 0.4) is 0 Å². The van der Waals surface area contributed by atoms with Crippen molar-refractivity contribution in [1.82, 2.24) is 10.1 Å². The summed E-state index contributed by atoms with van der Waals surface area (Å²) in [6.07, 6.45) is 2.24. The van der Waals surface area contributed by atoms with E-state index in [1.54, 1.807) is 11.3 Å². The van der Waals surface area contributed by atoms with Crippen molar-refractivity contribution in [3.8, 4) is 0 Å². The van der Waals surface area contributed by atoms with Crippen LogP contribution >= 0.6 is 11.3 Å². The number of amides is 1. The monoisotopic (exact) mass is 290 g/mol. The third-order valence-corrected chi connectivity index (χ3v) is 4.95. The van der Waals surface area contributed by atoms with Gasteiger partial charge in [0.2, 0.25) is 5.91 Å². The SMILES string of the molecule is Cc1noc(C)c1CCC(=O)N1CCc2sccc2C1. The first kappa shape index (κ1) is 13.4. The van der Waals surface area contributed by atoms with Gasteiger partial charge in [-0.2, -0.15) is 0 Å². The maximum Gasteiger partial charge on any atom is 0.223 e. The summed E-state index contributed by atoms with van der Waals surface area (Å²) >= 11 is 1.80. The standard InChI is InChI=1S/C15H18N2O2S/c1-10-13(11(2)19-16-10)3-4-15(18)17-7-5-14-12(9-17)6-8-20-14/h6,8H,3-5,7,9H2,1-2H3. The maximum atomic E-state index is 12.3. The smallest absolute Gasteiger partial charge is 0.223 e. The van der Waals surface area contributed by atoms with Crippen molar-refractivity contribution in [1.29, 1.82) is 0 Å². The van der Waals surface area contributed by atoms with Gasteiger partial charge in [0.25, 0.3) is 0 Å². The Kier molecular flexibility index (Phi) is 3.61. The van der Waals surface area contributed by atoms with Crippen LogP contribution in [0.2, 0.25) is 0 Å². The highest BCUT2D eigenvalue weighted by molar-refractivity contribution is 7.10. The van der Waals surface area contributed by atoms with Crippen molar-refractivity contribution in [2.24, 2.45) is 0 Å². The Morgan fingerprint density at radius 3 is 3.10 bits per heavy atom. The Morgan fingerprint density at radius 1 is 1.50 bits per heavy atom. The summed E-state index contributed by atoms with van der Waals surface area (Å²) in [5, 5.41) is 6.04. The first-order chi connectivity index (χ1) is 9.65. The molecule has 0 atom stereocenters. The first-order valence-electron chi connectivity index (χ1n) is 6.90. The van der Waals surface area contributed by atoms with Gasteiger partial charge in [-0.3, -0.25) is 4.79 Å². The lowest BCUT2D eigenvalue weighted by Crippen LogP contribution is -2.35. The molecule has 1 aliphatic heterocycles. The van der Waals surface area contributed by atoms with E-state index in [1.165, 1.54) is 10.4 Å². The van der Waals surface area contributed by atoms with Crippen molar-refractivity contribution in [3.05, 3.63) is 38.9 Å². The van der Waals surface area contributed by atoms with Gasteiger partial charge < -0.3 is 9.42 Å². The highest BCUT2D eigenvalue weighted by Gasteiger charge is 2.21. The van der Waals surface area contributed by atoms with Gasteiger partial charge >= 0.3 is 0 Å². The number of fused-ring (bicyclic) bond motifs is 1. The minimum Gasteiger partial charge on any atom is -0.361 e. The van der Waals surface area contributed by atoms with Crippen molar-refractivity contribution < 1.29 is 9.32 Å². The average molecular weight is 290 g/mol. The molecular formula is C15H18N2O2S. The van der Waals surface area contributed by atoms with E-state index >= 15 is 0 Å². The zero-order chi connectivity index (χ0) is 14.1. The number of aryl methyl sites for hydroxylation is 2. The molecule has 0 spiro atoms. The maximum absolute atomic E-state index is 12.3. The van der Waals surface area contributed by atoms with Crippen molar-refractivity contribution in [2.75, 3.05) is 6.54 Å². The van der Waals surface area contributed by atoms with E-state index in [2.05, 4.69) is 16.6 Å². The molecule has 0 fully saturated rings. The third kappa shape index (κ3) is 2.50. The molecule has 0 saturated carbocycles. The molecule has 0 aromatic carbocycles. The molecule has 0 unspecified atom stereocenters. The van der Waals surface area contributed by atoms with E-state index in [0.717, 1.165) is 36.5 Å². The molecule has 20 heavy (non-hydrogen) atoms. The molecule has 106 valence electrons. The Labute approximate surface area is 122 Å². The largest absolute Gasteiger partial charge is 0.361 e. The lowest BCUT2D eigenvalue weighted by atomic mass is 10.1. The zero-order valence-corrected chi connectivity index (χ0v) is 12.6. The summed E-state index contributed by atoms with van der Waals surface area (Å²) in [6.45, 7) is 5.43. The molecule has 0 aliphatic carbocycles. The number of carbonyl (C=O) groups is 1. The van der Waals surface area contributed by atoms with E-state index in [0.29, 0.717) is 12.8 Å².